The predicted octanol–water partition coefficient (Wildman–Crippen LogP) is 2.72. The summed E-state index contributed by atoms with van der Waals surface area (Å²) in [6, 6.07) is 8.77. The SMILES string of the molecule is CCC1OC(=O)C(C)C(O)C(C)C(O[C@@H]2O[C@H](C)C[C@H](NC)[C@H]2Oc2ccccc2)C(C)(O)CC(C)CN(C)C(C)C(O)C1(C)O. The summed E-state index contributed by atoms with van der Waals surface area (Å²) in [5.41, 5.74) is -3.23. The lowest BCUT2D eigenvalue weighted by Gasteiger charge is -2.46. The summed E-state index contributed by atoms with van der Waals surface area (Å²) >= 11 is 0. The number of carbonyl (C=O) groups excluding carboxylic acids is 1. The van der Waals surface area contributed by atoms with Crippen molar-refractivity contribution in [1.82, 2.24) is 10.2 Å². The standard InChI is InChI=1S/C35H60N2O9/c1-11-27-35(8,42)30(39)24(6)37(10)19-20(2)18-34(7,41)31(22(4)28(38)23(5)32(40)45-27)46-33-29(26(36-9)17-21(3)43-33)44-25-15-13-12-14-16-25/h12-16,20-24,26-31,33,36,38-39,41-42H,11,17-19H2,1-10H3/t20?,21-,22?,23?,24?,26+,27?,28?,29-,30?,31?,33+,34?,35?/m1/s1. The molecule has 0 spiro atoms. The zero-order valence-electron chi connectivity index (χ0n) is 29.4. The van der Waals surface area contributed by atoms with E-state index >= 15 is 0 Å². The number of cyclic esters (lactones) is 1. The lowest BCUT2D eigenvalue weighted by atomic mass is 9.78. The summed E-state index contributed by atoms with van der Waals surface area (Å²) in [5.74, 6) is -1.96. The van der Waals surface area contributed by atoms with E-state index in [2.05, 4.69) is 5.32 Å². The van der Waals surface area contributed by atoms with E-state index in [1.54, 1.807) is 27.7 Å². The number of rotatable bonds is 6. The third kappa shape index (κ3) is 8.99. The van der Waals surface area contributed by atoms with E-state index in [1.807, 2.05) is 70.1 Å². The summed E-state index contributed by atoms with van der Waals surface area (Å²) in [4.78, 5) is 15.4. The highest BCUT2D eigenvalue weighted by molar-refractivity contribution is 5.73. The quantitative estimate of drug-likeness (QED) is 0.289. The normalized spacial score (nSPS) is 44.1. The molecule has 1 aromatic rings. The molecular weight excluding hydrogens is 592 g/mol. The molecule has 1 aromatic carbocycles. The van der Waals surface area contributed by atoms with E-state index in [0.29, 0.717) is 18.7 Å². The van der Waals surface area contributed by atoms with Crippen LogP contribution in [0.5, 0.6) is 5.75 Å². The summed E-state index contributed by atoms with van der Waals surface area (Å²) in [7, 11) is 3.71. The van der Waals surface area contributed by atoms with Gasteiger partial charge in [-0.3, -0.25) is 4.79 Å². The topological polar surface area (TPSA) is 150 Å². The molecule has 2 aliphatic heterocycles. The number of carbonyl (C=O) groups is 1. The molecule has 11 heteroatoms. The van der Waals surface area contributed by atoms with E-state index in [4.69, 9.17) is 18.9 Å². The molecule has 0 aromatic heterocycles. The Morgan fingerprint density at radius 3 is 2.28 bits per heavy atom. The minimum absolute atomic E-state index is 0.0925. The monoisotopic (exact) mass is 652 g/mol. The molecule has 0 bridgehead atoms. The van der Waals surface area contributed by atoms with Crippen molar-refractivity contribution < 1.29 is 44.2 Å². The zero-order valence-corrected chi connectivity index (χ0v) is 29.4. The van der Waals surface area contributed by atoms with E-state index < -0.39 is 71.9 Å². The largest absolute Gasteiger partial charge is 0.483 e. The Bertz CT molecular complexity index is 1090. The maximum Gasteiger partial charge on any atom is 0.311 e. The zero-order chi connectivity index (χ0) is 34.6. The molecule has 0 radical (unpaired) electrons. The van der Waals surface area contributed by atoms with Crippen molar-refractivity contribution in [3.63, 3.8) is 0 Å². The van der Waals surface area contributed by atoms with Gasteiger partial charge >= 0.3 is 5.97 Å². The van der Waals surface area contributed by atoms with Crippen LogP contribution >= 0.6 is 0 Å². The molecule has 2 fully saturated rings. The van der Waals surface area contributed by atoms with Crippen LogP contribution in [0.25, 0.3) is 0 Å². The van der Waals surface area contributed by atoms with Gasteiger partial charge in [-0.05, 0) is 86.0 Å². The van der Waals surface area contributed by atoms with Crippen molar-refractivity contribution in [3.05, 3.63) is 30.3 Å². The molecule has 3 rings (SSSR count). The van der Waals surface area contributed by atoms with Gasteiger partial charge in [0.15, 0.2) is 12.4 Å². The third-order valence-electron chi connectivity index (χ3n) is 10.2. The second kappa shape index (κ2) is 16.0. The Morgan fingerprint density at radius 1 is 1.07 bits per heavy atom. The van der Waals surface area contributed by atoms with Gasteiger partial charge in [-0.1, -0.05) is 39.0 Å². The van der Waals surface area contributed by atoms with Crippen LogP contribution in [-0.4, -0.2) is 118 Å². The van der Waals surface area contributed by atoms with E-state index in [-0.39, 0.29) is 30.9 Å². The number of hydrogen-bond acceptors (Lipinski definition) is 11. The van der Waals surface area contributed by atoms with E-state index in [0.717, 1.165) is 0 Å². The molecule has 2 aliphatic rings. The van der Waals surface area contributed by atoms with Gasteiger partial charge in [-0.25, -0.2) is 0 Å². The van der Waals surface area contributed by atoms with Gasteiger partial charge in [-0.2, -0.15) is 0 Å². The second-order valence-corrected chi connectivity index (χ2v) is 14.4. The number of nitrogens with zero attached hydrogens (tertiary/aromatic N) is 1. The van der Waals surface area contributed by atoms with Gasteiger partial charge < -0.3 is 49.6 Å². The van der Waals surface area contributed by atoms with Crippen LogP contribution in [0.15, 0.2) is 30.3 Å². The average Bonchev–Trinajstić information content (AvgIpc) is 3.00. The Morgan fingerprint density at radius 2 is 1.70 bits per heavy atom. The first kappa shape index (κ1) is 38.6. The molecule has 264 valence electrons. The average molecular weight is 653 g/mol. The lowest BCUT2D eigenvalue weighted by molar-refractivity contribution is -0.290. The van der Waals surface area contributed by atoms with Crippen LogP contribution in [0, 0.1) is 17.8 Å². The molecule has 2 saturated heterocycles. The minimum Gasteiger partial charge on any atom is -0.483 e. The fraction of sp³-hybridized carbons (Fsp3) is 0.800. The van der Waals surface area contributed by atoms with E-state index in [9.17, 15) is 25.2 Å². The summed E-state index contributed by atoms with van der Waals surface area (Å²) < 4.78 is 25.3. The maximum atomic E-state index is 13.5. The molecule has 10 unspecified atom stereocenters. The number of aliphatic hydroxyl groups is 4. The van der Waals surface area contributed by atoms with Crippen LogP contribution in [0.2, 0.25) is 0 Å². The van der Waals surface area contributed by atoms with Gasteiger partial charge in [0.05, 0.1) is 35.9 Å². The van der Waals surface area contributed by atoms with Crippen molar-refractivity contribution in [1.29, 1.82) is 0 Å². The molecule has 46 heavy (non-hydrogen) atoms. The highest BCUT2D eigenvalue weighted by atomic mass is 16.7. The minimum atomic E-state index is -1.75. The van der Waals surface area contributed by atoms with Gasteiger partial charge in [0, 0.05) is 18.5 Å². The van der Waals surface area contributed by atoms with Crippen molar-refractivity contribution >= 4 is 5.97 Å². The second-order valence-electron chi connectivity index (χ2n) is 14.4. The molecule has 14 atom stereocenters. The highest BCUT2D eigenvalue weighted by Crippen LogP contribution is 2.37. The Balaban J connectivity index is 2.03. The first-order valence-corrected chi connectivity index (χ1v) is 16.9. The van der Waals surface area contributed by atoms with Crippen LogP contribution in [0.4, 0.5) is 0 Å². The van der Waals surface area contributed by atoms with Gasteiger partial charge in [0.2, 0.25) is 0 Å². The number of hydrogen-bond donors (Lipinski definition) is 5. The summed E-state index contributed by atoms with van der Waals surface area (Å²) in [6.45, 7) is 14.5. The molecule has 0 saturated carbocycles. The van der Waals surface area contributed by atoms with Crippen LogP contribution in [0.1, 0.15) is 74.7 Å². The maximum absolute atomic E-state index is 13.5. The number of ether oxygens (including phenoxy) is 4. The summed E-state index contributed by atoms with van der Waals surface area (Å²) in [6.07, 6.45) is -5.00. The fourth-order valence-electron chi connectivity index (χ4n) is 7.31. The smallest absolute Gasteiger partial charge is 0.311 e. The predicted molar refractivity (Wildman–Crippen MR) is 175 cm³/mol. The number of likely N-dealkylation sites (N-methyl/N-ethyl adjacent to an activating group) is 2. The van der Waals surface area contributed by atoms with Crippen LogP contribution in [0.3, 0.4) is 0 Å². The van der Waals surface area contributed by atoms with Gasteiger partial charge in [0.25, 0.3) is 0 Å². The van der Waals surface area contributed by atoms with Gasteiger partial charge in [-0.15, -0.1) is 0 Å². The first-order valence-electron chi connectivity index (χ1n) is 16.9. The number of nitrogens with one attached hydrogen (secondary N) is 1. The third-order valence-corrected chi connectivity index (χ3v) is 10.2. The number of aliphatic hydroxyl groups excluding tert-OH is 2. The molecular formula is C35H60N2O9. The number of esters is 1. The molecule has 0 aliphatic carbocycles. The Hall–Kier alpha value is -1.83. The highest BCUT2D eigenvalue weighted by Gasteiger charge is 2.50. The fourth-order valence-corrected chi connectivity index (χ4v) is 7.31. The van der Waals surface area contributed by atoms with Crippen LogP contribution in [-0.2, 0) is 19.0 Å². The lowest BCUT2D eigenvalue weighted by Crippen LogP contribution is -2.60. The Labute approximate surface area is 275 Å². The van der Waals surface area contributed by atoms with Crippen molar-refractivity contribution in [3.8, 4) is 5.75 Å². The van der Waals surface area contributed by atoms with Crippen molar-refractivity contribution in [2.24, 2.45) is 17.8 Å². The van der Waals surface area contributed by atoms with E-state index in [1.165, 1.54) is 6.92 Å². The molecule has 11 nitrogen and oxygen atoms in total. The number of para-hydroxylation sites is 1. The van der Waals surface area contributed by atoms with Crippen molar-refractivity contribution in [2.75, 3.05) is 20.6 Å². The molecule has 0 amide bonds. The summed E-state index contributed by atoms with van der Waals surface area (Å²) in [5, 5.41) is 49.9. The first-order chi connectivity index (χ1) is 21.4. The molecule has 2 heterocycles. The Kier molecular flexibility index (Phi) is 13.5. The van der Waals surface area contributed by atoms with Gasteiger partial charge in [0.1, 0.15) is 23.6 Å². The van der Waals surface area contributed by atoms with Crippen molar-refractivity contribution in [2.45, 2.75) is 141 Å². The number of benzene rings is 1. The molecule has 5 N–H and O–H groups in total. The van der Waals surface area contributed by atoms with Crippen LogP contribution < -0.4 is 10.1 Å².